The van der Waals surface area contributed by atoms with Crippen LogP contribution < -0.4 is 14.8 Å². The van der Waals surface area contributed by atoms with E-state index in [2.05, 4.69) is 5.32 Å². The van der Waals surface area contributed by atoms with Crippen LogP contribution in [0.3, 0.4) is 0 Å². The van der Waals surface area contributed by atoms with Gasteiger partial charge < -0.3 is 14.8 Å². The Morgan fingerprint density at radius 2 is 1.91 bits per heavy atom. The van der Waals surface area contributed by atoms with Gasteiger partial charge in [-0.15, -0.1) is 0 Å². The van der Waals surface area contributed by atoms with Crippen LogP contribution >= 0.6 is 0 Å². The Morgan fingerprint density at radius 1 is 1.23 bits per heavy atom. The normalized spacial score (nSPS) is 19.6. The molecule has 2 rings (SSSR count). The summed E-state index contributed by atoms with van der Waals surface area (Å²) < 4.78 is 33.8. The largest absolute Gasteiger partial charge is 0.490 e. The number of ether oxygens (including phenoxy) is 2. The number of amides is 1. The van der Waals surface area contributed by atoms with Gasteiger partial charge in [0.15, 0.2) is 21.3 Å². The summed E-state index contributed by atoms with van der Waals surface area (Å²) in [6, 6.07) is 4.63. The zero-order valence-electron chi connectivity index (χ0n) is 12.8. The van der Waals surface area contributed by atoms with E-state index in [0.717, 1.165) is 0 Å². The molecule has 1 aliphatic rings. The molecular weight excluding hydrogens is 306 g/mol. The third kappa shape index (κ3) is 4.13. The van der Waals surface area contributed by atoms with Crippen molar-refractivity contribution in [3.63, 3.8) is 0 Å². The minimum Gasteiger partial charge on any atom is -0.490 e. The van der Waals surface area contributed by atoms with Gasteiger partial charge in [-0.25, -0.2) is 8.42 Å². The maximum absolute atomic E-state index is 12.2. The predicted octanol–water partition coefficient (Wildman–Crippen LogP) is 1.40. The van der Waals surface area contributed by atoms with Crippen LogP contribution in [-0.2, 0) is 9.84 Å². The van der Waals surface area contributed by atoms with Crippen molar-refractivity contribution >= 4 is 15.7 Å². The number of hydrogen-bond acceptors (Lipinski definition) is 5. The molecular formula is C15H21NO5S. The van der Waals surface area contributed by atoms with E-state index in [4.69, 9.17) is 9.47 Å². The molecule has 1 heterocycles. The molecule has 1 N–H and O–H groups in total. The highest BCUT2D eigenvalue weighted by atomic mass is 32.2. The zero-order valence-corrected chi connectivity index (χ0v) is 13.6. The fourth-order valence-electron chi connectivity index (χ4n) is 2.37. The van der Waals surface area contributed by atoms with Gasteiger partial charge in [-0.3, -0.25) is 4.79 Å². The van der Waals surface area contributed by atoms with Crippen molar-refractivity contribution in [1.82, 2.24) is 5.32 Å². The van der Waals surface area contributed by atoms with E-state index in [0.29, 0.717) is 36.7 Å². The summed E-state index contributed by atoms with van der Waals surface area (Å²) in [6.07, 6.45) is 0.462. The first-order valence-electron chi connectivity index (χ1n) is 7.36. The molecule has 1 aromatic rings. The standard InChI is InChI=1S/C15H21NO5S/c1-3-20-13-6-5-11(9-14(13)21-4-2)15(17)16-12-7-8-22(18,19)10-12/h5-6,9,12H,3-4,7-8,10H2,1-2H3,(H,16,17)/t12-/m1/s1. The molecule has 1 fully saturated rings. The number of nitrogens with one attached hydrogen (secondary N) is 1. The summed E-state index contributed by atoms with van der Waals surface area (Å²) in [7, 11) is -3.01. The monoisotopic (exact) mass is 327 g/mol. The van der Waals surface area contributed by atoms with Gasteiger partial charge in [0.05, 0.1) is 24.7 Å². The summed E-state index contributed by atoms with van der Waals surface area (Å²) in [4.78, 5) is 12.2. The second-order valence-electron chi connectivity index (χ2n) is 5.10. The Labute approximate surface area is 130 Å². The molecule has 0 spiro atoms. The van der Waals surface area contributed by atoms with Crippen molar-refractivity contribution < 1.29 is 22.7 Å². The molecule has 1 saturated heterocycles. The third-order valence-electron chi connectivity index (χ3n) is 3.37. The van der Waals surface area contributed by atoms with E-state index in [1.54, 1.807) is 18.2 Å². The van der Waals surface area contributed by atoms with Crippen LogP contribution in [0.5, 0.6) is 11.5 Å². The van der Waals surface area contributed by atoms with E-state index in [1.807, 2.05) is 13.8 Å². The third-order valence-corrected chi connectivity index (χ3v) is 5.14. The molecule has 0 aliphatic carbocycles. The van der Waals surface area contributed by atoms with Crippen LogP contribution in [0, 0.1) is 0 Å². The predicted molar refractivity (Wildman–Crippen MR) is 83.3 cm³/mol. The number of benzene rings is 1. The van der Waals surface area contributed by atoms with Gasteiger partial charge in [0, 0.05) is 11.6 Å². The number of rotatable bonds is 6. The number of sulfone groups is 1. The molecule has 1 aromatic carbocycles. The number of carbonyl (C=O) groups is 1. The Balaban J connectivity index is 2.11. The molecule has 0 saturated carbocycles. The lowest BCUT2D eigenvalue weighted by Gasteiger charge is -2.14. The quantitative estimate of drug-likeness (QED) is 0.854. The molecule has 1 atom stereocenters. The van der Waals surface area contributed by atoms with Crippen molar-refractivity contribution in [3.8, 4) is 11.5 Å². The number of carbonyl (C=O) groups excluding carboxylic acids is 1. The van der Waals surface area contributed by atoms with Crippen LogP contribution in [0.1, 0.15) is 30.6 Å². The first kappa shape index (κ1) is 16.6. The molecule has 7 heteroatoms. The van der Waals surface area contributed by atoms with Crippen LogP contribution in [0.2, 0.25) is 0 Å². The molecule has 122 valence electrons. The Morgan fingerprint density at radius 3 is 2.50 bits per heavy atom. The van der Waals surface area contributed by atoms with E-state index < -0.39 is 9.84 Å². The minimum absolute atomic E-state index is 0.00802. The molecule has 6 nitrogen and oxygen atoms in total. The van der Waals surface area contributed by atoms with Gasteiger partial charge in [-0.1, -0.05) is 0 Å². The zero-order chi connectivity index (χ0) is 16.2. The van der Waals surface area contributed by atoms with Crippen LogP contribution in [0.4, 0.5) is 0 Å². The smallest absolute Gasteiger partial charge is 0.251 e. The van der Waals surface area contributed by atoms with E-state index in [1.165, 1.54) is 0 Å². The number of hydrogen-bond donors (Lipinski definition) is 1. The van der Waals surface area contributed by atoms with Crippen LogP contribution in [0.15, 0.2) is 18.2 Å². The van der Waals surface area contributed by atoms with Gasteiger partial charge >= 0.3 is 0 Å². The lowest BCUT2D eigenvalue weighted by Crippen LogP contribution is -2.35. The molecule has 0 aromatic heterocycles. The fraction of sp³-hybridized carbons (Fsp3) is 0.533. The van der Waals surface area contributed by atoms with Crippen molar-refractivity contribution in [3.05, 3.63) is 23.8 Å². The maximum atomic E-state index is 12.2. The van der Waals surface area contributed by atoms with Crippen LogP contribution in [0.25, 0.3) is 0 Å². The Kier molecular flexibility index (Phi) is 5.28. The van der Waals surface area contributed by atoms with Gasteiger partial charge in [-0.05, 0) is 38.5 Å². The van der Waals surface area contributed by atoms with Gasteiger partial charge in [0.1, 0.15) is 0 Å². The molecule has 0 unspecified atom stereocenters. The molecule has 1 amide bonds. The lowest BCUT2D eigenvalue weighted by molar-refractivity contribution is 0.0940. The highest BCUT2D eigenvalue weighted by Crippen LogP contribution is 2.28. The summed E-state index contributed by atoms with van der Waals surface area (Å²) in [5, 5.41) is 2.76. The highest BCUT2D eigenvalue weighted by Gasteiger charge is 2.29. The van der Waals surface area contributed by atoms with Gasteiger partial charge in [0.25, 0.3) is 5.91 Å². The van der Waals surface area contributed by atoms with Gasteiger partial charge in [-0.2, -0.15) is 0 Å². The summed E-state index contributed by atoms with van der Waals surface area (Å²) >= 11 is 0. The average Bonchev–Trinajstić information content (AvgIpc) is 2.80. The van der Waals surface area contributed by atoms with E-state index in [9.17, 15) is 13.2 Å². The first-order valence-corrected chi connectivity index (χ1v) is 9.18. The van der Waals surface area contributed by atoms with E-state index in [-0.39, 0.29) is 23.5 Å². The fourth-order valence-corrected chi connectivity index (χ4v) is 4.04. The Hall–Kier alpha value is -1.76. The Bertz CT molecular complexity index is 641. The molecule has 22 heavy (non-hydrogen) atoms. The SMILES string of the molecule is CCOc1ccc(C(=O)N[C@@H]2CCS(=O)(=O)C2)cc1OCC. The van der Waals surface area contributed by atoms with Gasteiger partial charge in [0.2, 0.25) is 0 Å². The van der Waals surface area contributed by atoms with Crippen molar-refractivity contribution in [1.29, 1.82) is 0 Å². The first-order chi connectivity index (χ1) is 10.4. The highest BCUT2D eigenvalue weighted by molar-refractivity contribution is 7.91. The average molecular weight is 327 g/mol. The maximum Gasteiger partial charge on any atom is 0.251 e. The summed E-state index contributed by atoms with van der Waals surface area (Å²) in [5.41, 5.74) is 0.427. The molecule has 0 bridgehead atoms. The molecule has 1 aliphatic heterocycles. The lowest BCUT2D eigenvalue weighted by atomic mass is 10.1. The summed E-state index contributed by atoms with van der Waals surface area (Å²) in [6.45, 7) is 4.69. The topological polar surface area (TPSA) is 81.7 Å². The van der Waals surface area contributed by atoms with Crippen molar-refractivity contribution in [2.45, 2.75) is 26.3 Å². The van der Waals surface area contributed by atoms with Crippen molar-refractivity contribution in [2.24, 2.45) is 0 Å². The van der Waals surface area contributed by atoms with Crippen LogP contribution in [-0.4, -0.2) is 45.1 Å². The minimum atomic E-state index is -3.01. The molecule has 0 radical (unpaired) electrons. The van der Waals surface area contributed by atoms with E-state index >= 15 is 0 Å². The second kappa shape index (κ2) is 7.00. The second-order valence-corrected chi connectivity index (χ2v) is 7.33. The summed E-state index contributed by atoms with van der Waals surface area (Å²) in [5.74, 6) is 0.936. The van der Waals surface area contributed by atoms with Crippen molar-refractivity contribution in [2.75, 3.05) is 24.7 Å².